The minimum atomic E-state index is -1.12. The lowest BCUT2D eigenvalue weighted by atomic mass is 10.00. The third-order valence-corrected chi connectivity index (χ3v) is 7.42. The number of ether oxygens (including phenoxy) is 2. The van der Waals surface area contributed by atoms with E-state index in [-0.39, 0.29) is 44.0 Å². The minimum absolute atomic E-state index is 0.0160. The second kappa shape index (κ2) is 13.4. The smallest absolute Gasteiger partial charge is 0.352 e. The predicted octanol–water partition coefficient (Wildman–Crippen LogP) is 4.13. The summed E-state index contributed by atoms with van der Waals surface area (Å²) in [4.78, 5) is 54.7. The first-order chi connectivity index (χ1) is 19.5. The van der Waals surface area contributed by atoms with Crippen LogP contribution in [0.15, 0.2) is 6.20 Å². The maximum Gasteiger partial charge on any atom is 0.352 e. The fourth-order valence-corrected chi connectivity index (χ4v) is 5.42. The van der Waals surface area contributed by atoms with Gasteiger partial charge in [0.2, 0.25) is 0 Å². The third kappa shape index (κ3) is 6.72. The average molecular weight is 570 g/mol. The Kier molecular flexibility index (Phi) is 10.2. The van der Waals surface area contributed by atoms with Gasteiger partial charge in [-0.05, 0) is 73.9 Å². The first-order valence-corrected chi connectivity index (χ1v) is 13.8. The lowest BCUT2D eigenvalue weighted by Gasteiger charge is -2.13. The van der Waals surface area contributed by atoms with Gasteiger partial charge >= 0.3 is 23.9 Å². The maximum absolute atomic E-state index is 12.4. The van der Waals surface area contributed by atoms with Gasteiger partial charge in [0.1, 0.15) is 11.4 Å². The highest BCUT2D eigenvalue weighted by Crippen LogP contribution is 2.29. The van der Waals surface area contributed by atoms with Gasteiger partial charge in [-0.15, -0.1) is 0 Å². The number of nitrogens with zero attached hydrogens (tertiary/aromatic N) is 1. The van der Waals surface area contributed by atoms with Crippen molar-refractivity contribution in [2.24, 2.45) is 0 Å². The number of carboxylic acids is 2. The first kappa shape index (κ1) is 31.3. The summed E-state index contributed by atoms with van der Waals surface area (Å²) in [6, 6.07) is 0. The van der Waals surface area contributed by atoms with Crippen molar-refractivity contribution in [2.75, 3.05) is 13.2 Å². The van der Waals surface area contributed by atoms with E-state index in [1.165, 1.54) is 0 Å². The number of aromatic amines is 2. The van der Waals surface area contributed by atoms with Crippen LogP contribution in [0.5, 0.6) is 0 Å². The van der Waals surface area contributed by atoms with Gasteiger partial charge in [0.25, 0.3) is 0 Å². The number of carbonyl (C=O) groups is 4. The largest absolute Gasteiger partial charge is 0.477 e. The average Bonchev–Trinajstić information content (AvgIpc) is 3.52. The maximum atomic E-state index is 12.4. The van der Waals surface area contributed by atoms with E-state index in [2.05, 4.69) is 9.97 Å². The fraction of sp³-hybridized carbons (Fsp3) is 0.467. The molecule has 11 nitrogen and oxygen atoms in total. The molecule has 222 valence electrons. The number of aryl methyl sites for hydroxylation is 1. The molecule has 3 rings (SSSR count). The molecule has 0 unspecified atom stereocenters. The number of H-pyrrole nitrogens is 2. The zero-order valence-electron chi connectivity index (χ0n) is 24.5. The number of nitrogens with one attached hydrogen (secondary N) is 2. The molecular weight excluding hydrogens is 530 g/mol. The normalized spacial score (nSPS) is 11.1. The van der Waals surface area contributed by atoms with Crippen LogP contribution in [0.1, 0.15) is 99.1 Å². The van der Waals surface area contributed by atoms with E-state index in [1.807, 2.05) is 24.6 Å². The molecule has 0 atom stereocenters. The Bertz CT molecular complexity index is 1460. The lowest BCUT2D eigenvalue weighted by Crippen LogP contribution is -2.13. The molecule has 0 bridgehead atoms. The van der Waals surface area contributed by atoms with E-state index in [1.54, 1.807) is 27.7 Å². The van der Waals surface area contributed by atoms with Crippen molar-refractivity contribution in [3.8, 4) is 0 Å². The molecule has 0 aliphatic carbocycles. The summed E-state index contributed by atoms with van der Waals surface area (Å²) < 4.78 is 12.3. The molecule has 0 radical (unpaired) electrons. The number of rotatable bonds is 14. The minimum Gasteiger partial charge on any atom is -0.477 e. The molecule has 3 aromatic heterocycles. The van der Waals surface area contributed by atoms with Crippen LogP contribution in [0.25, 0.3) is 0 Å². The number of hydrogen-bond acceptors (Lipinski definition) is 6. The molecule has 0 saturated heterocycles. The number of aromatic carboxylic acids is 2. The highest BCUT2D eigenvalue weighted by Gasteiger charge is 2.26. The molecule has 4 N–H and O–H groups in total. The van der Waals surface area contributed by atoms with E-state index in [0.29, 0.717) is 46.5 Å². The Labute approximate surface area is 238 Å². The van der Waals surface area contributed by atoms with Crippen molar-refractivity contribution in [3.63, 3.8) is 0 Å². The number of esters is 2. The van der Waals surface area contributed by atoms with Crippen LogP contribution < -0.4 is 0 Å². The number of carboxylic acid groups (broad SMARTS) is 2. The molecule has 3 heterocycles. The fourth-order valence-electron chi connectivity index (χ4n) is 5.42. The van der Waals surface area contributed by atoms with Gasteiger partial charge in [0.15, 0.2) is 0 Å². The molecular formula is C30H39N3O8. The molecule has 0 aliphatic rings. The van der Waals surface area contributed by atoms with Crippen LogP contribution in [0.4, 0.5) is 0 Å². The molecule has 41 heavy (non-hydrogen) atoms. The summed E-state index contributed by atoms with van der Waals surface area (Å²) in [7, 11) is 0. The second-order valence-electron chi connectivity index (χ2n) is 9.83. The van der Waals surface area contributed by atoms with Crippen LogP contribution in [0, 0.1) is 13.8 Å². The zero-order valence-corrected chi connectivity index (χ0v) is 24.5. The van der Waals surface area contributed by atoms with Gasteiger partial charge in [0.05, 0.1) is 32.6 Å². The van der Waals surface area contributed by atoms with Crippen molar-refractivity contribution >= 4 is 23.9 Å². The van der Waals surface area contributed by atoms with E-state index in [0.717, 1.165) is 23.2 Å². The number of carbonyl (C=O) groups excluding carboxylic acids is 2. The van der Waals surface area contributed by atoms with E-state index >= 15 is 0 Å². The number of hydrogen-bond donors (Lipinski definition) is 4. The standard InChI is InChI=1S/C30H39N3O8/c1-7-18-14-33(15-23-21(12-26(35)41-10-4)17(6)28(32-23)30(38)39)24(19(18)8-2)13-22-20(11-25(34)40-9-3)16(5)27(31-22)29(36)37/h14,31-32H,7-13,15H2,1-6H3,(H,36,37)(H,38,39). The summed E-state index contributed by atoms with van der Waals surface area (Å²) in [6.07, 6.45) is 3.65. The Morgan fingerprint density at radius 2 is 1.24 bits per heavy atom. The Balaban J connectivity index is 2.14. The second-order valence-corrected chi connectivity index (χ2v) is 9.83. The predicted molar refractivity (Wildman–Crippen MR) is 151 cm³/mol. The highest BCUT2D eigenvalue weighted by molar-refractivity contribution is 5.89. The van der Waals surface area contributed by atoms with Crippen LogP contribution in [-0.2, 0) is 57.7 Å². The summed E-state index contributed by atoms with van der Waals surface area (Å²) >= 11 is 0. The van der Waals surface area contributed by atoms with Gasteiger partial charge in [-0.2, -0.15) is 0 Å². The van der Waals surface area contributed by atoms with E-state index in [4.69, 9.17) is 9.47 Å². The monoisotopic (exact) mass is 569 g/mol. The van der Waals surface area contributed by atoms with Gasteiger partial charge in [-0.1, -0.05) is 13.8 Å². The van der Waals surface area contributed by atoms with E-state index < -0.39 is 23.9 Å². The van der Waals surface area contributed by atoms with Crippen LogP contribution in [-0.4, -0.2) is 61.8 Å². The molecule has 3 aromatic rings. The summed E-state index contributed by atoms with van der Waals surface area (Å²) in [5, 5.41) is 19.5. The zero-order chi connectivity index (χ0) is 30.4. The number of aromatic nitrogens is 3. The highest BCUT2D eigenvalue weighted by atomic mass is 16.5. The van der Waals surface area contributed by atoms with Gasteiger partial charge in [-0.3, -0.25) is 9.59 Å². The van der Waals surface area contributed by atoms with Crippen molar-refractivity contribution in [3.05, 3.63) is 68.0 Å². The van der Waals surface area contributed by atoms with Gasteiger partial charge in [-0.25, -0.2) is 9.59 Å². The van der Waals surface area contributed by atoms with Crippen LogP contribution >= 0.6 is 0 Å². The van der Waals surface area contributed by atoms with Crippen molar-refractivity contribution in [1.82, 2.24) is 14.5 Å². The summed E-state index contributed by atoms with van der Waals surface area (Å²) in [6.45, 7) is 11.5. The summed E-state index contributed by atoms with van der Waals surface area (Å²) in [5.74, 6) is -3.14. The van der Waals surface area contributed by atoms with Crippen LogP contribution in [0.2, 0.25) is 0 Å². The molecule has 0 spiro atoms. The third-order valence-electron chi connectivity index (χ3n) is 7.42. The molecule has 0 saturated carbocycles. The summed E-state index contributed by atoms with van der Waals surface area (Å²) in [5.41, 5.74) is 6.43. The molecule has 0 aromatic carbocycles. The molecule has 0 amide bonds. The molecule has 11 heteroatoms. The van der Waals surface area contributed by atoms with Crippen molar-refractivity contribution in [2.45, 2.75) is 80.2 Å². The Morgan fingerprint density at radius 3 is 1.68 bits per heavy atom. The van der Waals surface area contributed by atoms with Gasteiger partial charge < -0.3 is 34.2 Å². The van der Waals surface area contributed by atoms with Gasteiger partial charge in [0, 0.05) is 29.7 Å². The molecule has 0 aliphatic heterocycles. The topological polar surface area (TPSA) is 164 Å². The quantitative estimate of drug-likeness (QED) is 0.211. The Hall–Kier alpha value is -4.28. The van der Waals surface area contributed by atoms with Crippen molar-refractivity contribution in [1.29, 1.82) is 0 Å². The van der Waals surface area contributed by atoms with Crippen LogP contribution in [0.3, 0.4) is 0 Å². The lowest BCUT2D eigenvalue weighted by molar-refractivity contribution is -0.143. The van der Waals surface area contributed by atoms with E-state index in [9.17, 15) is 29.4 Å². The first-order valence-electron chi connectivity index (χ1n) is 13.8. The molecule has 0 fully saturated rings. The Morgan fingerprint density at radius 1 is 0.756 bits per heavy atom. The van der Waals surface area contributed by atoms with Crippen molar-refractivity contribution < 1.29 is 38.9 Å². The SMILES string of the molecule is CCOC(=O)Cc1c(Cc2c(CC)c(CC)cn2Cc2[nH]c(C(=O)O)c(C)c2CC(=O)OCC)[nH]c(C(=O)O)c1C.